The third-order valence-corrected chi connectivity index (χ3v) is 3.92. The Morgan fingerprint density at radius 1 is 0.880 bits per heavy atom. The van der Waals surface area contributed by atoms with Crippen molar-refractivity contribution in [3.05, 3.63) is 47.5 Å². The summed E-state index contributed by atoms with van der Waals surface area (Å²) >= 11 is 0. The van der Waals surface area contributed by atoms with Crippen LogP contribution in [0.25, 0.3) is 0 Å². The molecule has 0 radical (unpaired) electrons. The number of ether oxygens (including phenoxy) is 4. The van der Waals surface area contributed by atoms with Crippen LogP contribution < -0.4 is 24.4 Å². The van der Waals surface area contributed by atoms with Crippen LogP contribution in [0, 0.1) is 0 Å². The Balaban J connectivity index is 1.48. The molecule has 0 aromatic heterocycles. The highest BCUT2D eigenvalue weighted by Crippen LogP contribution is 2.32. The molecule has 25 heavy (non-hydrogen) atoms. The summed E-state index contributed by atoms with van der Waals surface area (Å²) in [7, 11) is 0. The predicted molar refractivity (Wildman–Crippen MR) is 89.7 cm³/mol. The van der Waals surface area contributed by atoms with Gasteiger partial charge < -0.3 is 18.9 Å². The van der Waals surface area contributed by atoms with Crippen LogP contribution in [0.2, 0.25) is 0 Å². The largest absolute Gasteiger partial charge is 0.486 e. The third-order valence-electron chi connectivity index (χ3n) is 3.92. The number of nitrogens with one attached hydrogen (secondary N) is 1. The van der Waals surface area contributed by atoms with Crippen LogP contribution in [0.3, 0.4) is 0 Å². The molecule has 0 aliphatic carbocycles. The Morgan fingerprint density at radius 3 is 2.32 bits per heavy atom. The van der Waals surface area contributed by atoms with Gasteiger partial charge in [0.1, 0.15) is 13.2 Å². The van der Waals surface area contributed by atoms with Crippen molar-refractivity contribution >= 4 is 11.6 Å². The maximum absolute atomic E-state index is 12.3. The fourth-order valence-corrected chi connectivity index (χ4v) is 2.57. The highest BCUT2D eigenvalue weighted by molar-refractivity contribution is 6.01. The minimum atomic E-state index is -0.324. The van der Waals surface area contributed by atoms with Crippen molar-refractivity contribution in [3.8, 4) is 23.0 Å². The van der Waals surface area contributed by atoms with Crippen LogP contribution in [0.1, 0.15) is 22.8 Å². The fraction of sp³-hybridized carbons (Fsp3) is 0.222. The minimum Gasteiger partial charge on any atom is -0.486 e. The molecule has 0 saturated heterocycles. The molecule has 7 heteroatoms. The number of hydrazone groups is 1. The lowest BCUT2D eigenvalue weighted by Gasteiger charge is -2.18. The second-order valence-corrected chi connectivity index (χ2v) is 5.56. The summed E-state index contributed by atoms with van der Waals surface area (Å²) in [6, 6.07) is 10.6. The van der Waals surface area contributed by atoms with Crippen molar-refractivity contribution in [2.75, 3.05) is 20.0 Å². The van der Waals surface area contributed by atoms with Crippen molar-refractivity contribution in [2.45, 2.75) is 6.92 Å². The van der Waals surface area contributed by atoms with Gasteiger partial charge in [0, 0.05) is 11.1 Å². The maximum Gasteiger partial charge on any atom is 0.271 e. The Labute approximate surface area is 144 Å². The smallest absolute Gasteiger partial charge is 0.271 e. The second-order valence-electron chi connectivity index (χ2n) is 5.56. The van der Waals surface area contributed by atoms with Gasteiger partial charge in [-0.15, -0.1) is 0 Å². The van der Waals surface area contributed by atoms with Crippen LogP contribution in [0.4, 0.5) is 0 Å². The molecule has 0 spiro atoms. The number of nitrogens with zero attached hydrogens (tertiary/aromatic N) is 1. The predicted octanol–water partition coefficient (Wildman–Crippen LogP) is 2.34. The minimum absolute atomic E-state index is 0.168. The lowest BCUT2D eigenvalue weighted by molar-refractivity contribution is 0.0954. The fourth-order valence-electron chi connectivity index (χ4n) is 2.57. The van der Waals surface area contributed by atoms with E-state index < -0.39 is 0 Å². The van der Waals surface area contributed by atoms with E-state index in [-0.39, 0.29) is 12.7 Å². The first kappa shape index (κ1) is 15.3. The van der Waals surface area contributed by atoms with Gasteiger partial charge in [-0.1, -0.05) is 0 Å². The van der Waals surface area contributed by atoms with Crippen LogP contribution in [0.5, 0.6) is 23.0 Å². The van der Waals surface area contributed by atoms with E-state index in [0.717, 1.165) is 5.56 Å². The molecular formula is C18H16N2O5. The number of carbonyl (C=O) groups is 1. The Kier molecular flexibility index (Phi) is 3.89. The van der Waals surface area contributed by atoms with Gasteiger partial charge in [-0.05, 0) is 43.3 Å². The number of hydrogen-bond donors (Lipinski definition) is 1. The molecule has 0 unspecified atom stereocenters. The highest BCUT2D eigenvalue weighted by atomic mass is 16.7. The molecule has 128 valence electrons. The topological polar surface area (TPSA) is 78.4 Å². The average Bonchev–Trinajstić information content (AvgIpc) is 3.13. The van der Waals surface area contributed by atoms with Gasteiger partial charge in [0.15, 0.2) is 23.0 Å². The van der Waals surface area contributed by atoms with E-state index in [1.54, 1.807) is 18.2 Å². The standard InChI is InChI=1S/C18H16N2O5/c1-11(12-2-4-14-16(8-12)23-7-6-22-14)19-20-18(21)13-3-5-15-17(9-13)25-10-24-15/h2-5,8-9H,6-7,10H2,1H3,(H,20,21)/b19-11-. The van der Waals surface area contributed by atoms with Crippen molar-refractivity contribution < 1.29 is 23.7 Å². The maximum atomic E-state index is 12.3. The van der Waals surface area contributed by atoms with Crippen molar-refractivity contribution in [1.29, 1.82) is 0 Å². The zero-order valence-corrected chi connectivity index (χ0v) is 13.6. The van der Waals surface area contributed by atoms with Gasteiger partial charge in [-0.25, -0.2) is 5.43 Å². The molecule has 2 aliphatic heterocycles. The molecule has 2 aromatic carbocycles. The monoisotopic (exact) mass is 340 g/mol. The van der Waals surface area contributed by atoms with E-state index in [2.05, 4.69) is 10.5 Å². The van der Waals surface area contributed by atoms with Gasteiger partial charge in [0.25, 0.3) is 5.91 Å². The van der Waals surface area contributed by atoms with Crippen LogP contribution in [0.15, 0.2) is 41.5 Å². The first-order chi connectivity index (χ1) is 12.2. The van der Waals surface area contributed by atoms with Crippen LogP contribution in [-0.2, 0) is 0 Å². The van der Waals surface area contributed by atoms with Gasteiger partial charge in [-0.2, -0.15) is 5.10 Å². The molecule has 2 aromatic rings. The van der Waals surface area contributed by atoms with Crippen molar-refractivity contribution in [3.63, 3.8) is 0 Å². The van der Waals surface area contributed by atoms with Crippen LogP contribution in [-0.4, -0.2) is 31.6 Å². The number of amides is 1. The summed E-state index contributed by atoms with van der Waals surface area (Å²) in [5.74, 6) is 2.26. The number of hydrogen-bond acceptors (Lipinski definition) is 6. The summed E-state index contributed by atoms with van der Waals surface area (Å²) in [6.07, 6.45) is 0. The molecule has 1 N–H and O–H groups in total. The summed E-state index contributed by atoms with van der Waals surface area (Å²) < 4.78 is 21.6. The molecule has 4 rings (SSSR count). The summed E-state index contributed by atoms with van der Waals surface area (Å²) in [5, 5.41) is 4.16. The number of carbonyl (C=O) groups excluding carboxylic acids is 1. The Hall–Kier alpha value is -3.22. The first-order valence-corrected chi connectivity index (χ1v) is 7.85. The molecule has 0 fully saturated rings. The van der Waals surface area contributed by atoms with Gasteiger partial charge in [0.2, 0.25) is 6.79 Å². The zero-order chi connectivity index (χ0) is 17.2. The average molecular weight is 340 g/mol. The van der Waals surface area contributed by atoms with E-state index >= 15 is 0 Å². The van der Waals surface area contributed by atoms with Gasteiger partial charge in [0.05, 0.1) is 5.71 Å². The molecule has 2 aliphatic rings. The molecule has 2 heterocycles. The van der Waals surface area contributed by atoms with E-state index in [9.17, 15) is 4.79 Å². The molecule has 1 amide bonds. The number of fused-ring (bicyclic) bond motifs is 2. The van der Waals surface area contributed by atoms with Crippen molar-refractivity contribution in [2.24, 2.45) is 5.10 Å². The highest BCUT2D eigenvalue weighted by Gasteiger charge is 2.16. The molecule has 0 atom stereocenters. The molecule has 0 saturated carbocycles. The summed E-state index contributed by atoms with van der Waals surface area (Å²) in [6.45, 7) is 3.05. The van der Waals surface area contributed by atoms with Gasteiger partial charge >= 0.3 is 0 Å². The quantitative estimate of drug-likeness (QED) is 0.685. The normalized spacial score (nSPS) is 15.0. The Bertz CT molecular complexity index is 863. The lowest BCUT2D eigenvalue weighted by atomic mass is 10.1. The van der Waals surface area contributed by atoms with E-state index in [0.29, 0.717) is 47.5 Å². The first-order valence-electron chi connectivity index (χ1n) is 7.85. The third kappa shape index (κ3) is 3.08. The lowest BCUT2D eigenvalue weighted by Crippen LogP contribution is -2.19. The van der Waals surface area contributed by atoms with Crippen molar-refractivity contribution in [1.82, 2.24) is 5.43 Å². The zero-order valence-electron chi connectivity index (χ0n) is 13.6. The van der Waals surface area contributed by atoms with Gasteiger partial charge in [-0.3, -0.25) is 4.79 Å². The summed E-state index contributed by atoms with van der Waals surface area (Å²) in [5.41, 5.74) is 4.50. The SMILES string of the molecule is C/C(=N/NC(=O)c1ccc2c(c1)OCO2)c1ccc2c(c1)OCCO2. The molecule has 7 nitrogen and oxygen atoms in total. The summed E-state index contributed by atoms with van der Waals surface area (Å²) in [4.78, 5) is 12.3. The van der Waals surface area contributed by atoms with Crippen LogP contribution >= 0.6 is 0 Å². The Morgan fingerprint density at radius 2 is 1.48 bits per heavy atom. The number of benzene rings is 2. The second kappa shape index (κ2) is 6.35. The van der Waals surface area contributed by atoms with E-state index in [4.69, 9.17) is 18.9 Å². The number of rotatable bonds is 3. The molecular weight excluding hydrogens is 324 g/mol. The molecule has 0 bridgehead atoms. The van der Waals surface area contributed by atoms with E-state index in [1.807, 2.05) is 25.1 Å². The van der Waals surface area contributed by atoms with E-state index in [1.165, 1.54) is 0 Å².